The number of halogens is 1. The van der Waals surface area contributed by atoms with E-state index in [-0.39, 0.29) is 18.3 Å². The second kappa shape index (κ2) is 11.0. The average molecular weight is 536 g/mol. The second-order valence-corrected chi connectivity index (χ2v) is 8.29. The van der Waals surface area contributed by atoms with Gasteiger partial charge < -0.3 is 14.8 Å². The van der Waals surface area contributed by atoms with Crippen LogP contribution in [-0.2, 0) is 17.9 Å². The zero-order chi connectivity index (χ0) is 21.3. The lowest BCUT2D eigenvalue weighted by Crippen LogP contribution is -2.15. The van der Waals surface area contributed by atoms with Crippen LogP contribution in [0.25, 0.3) is 0 Å². The zero-order valence-corrected chi connectivity index (χ0v) is 19.4. The number of thioether (sulfide) groups is 1. The molecule has 9 heteroatoms. The number of methoxy groups -OCH3 is 1. The molecule has 7 nitrogen and oxygen atoms in total. The van der Waals surface area contributed by atoms with Crippen molar-refractivity contribution < 1.29 is 14.3 Å². The molecule has 1 amide bonds. The van der Waals surface area contributed by atoms with Crippen LogP contribution < -0.4 is 14.8 Å². The van der Waals surface area contributed by atoms with Crippen LogP contribution in [0.15, 0.2) is 66.3 Å². The van der Waals surface area contributed by atoms with Crippen molar-refractivity contribution in [3.63, 3.8) is 0 Å². The Morgan fingerprint density at radius 2 is 1.87 bits per heavy atom. The number of ether oxygens (including phenoxy) is 2. The van der Waals surface area contributed by atoms with E-state index in [2.05, 4.69) is 44.7 Å². The first-order valence-electron chi connectivity index (χ1n) is 9.07. The van der Waals surface area contributed by atoms with Gasteiger partial charge in [0.25, 0.3) is 0 Å². The molecule has 0 spiro atoms. The van der Waals surface area contributed by atoms with Crippen LogP contribution >= 0.6 is 34.4 Å². The van der Waals surface area contributed by atoms with Gasteiger partial charge in [0.1, 0.15) is 18.1 Å². The highest BCUT2D eigenvalue weighted by molar-refractivity contribution is 14.1. The van der Waals surface area contributed by atoms with E-state index < -0.39 is 0 Å². The van der Waals surface area contributed by atoms with E-state index in [0.29, 0.717) is 23.3 Å². The predicted molar refractivity (Wildman–Crippen MR) is 126 cm³/mol. The van der Waals surface area contributed by atoms with Gasteiger partial charge in [0, 0.05) is 15.8 Å². The van der Waals surface area contributed by atoms with Crippen LogP contribution in [0.5, 0.6) is 11.5 Å². The fourth-order valence-corrected chi connectivity index (χ4v) is 3.65. The van der Waals surface area contributed by atoms with Gasteiger partial charge in [0.2, 0.25) is 5.91 Å². The molecule has 0 aliphatic carbocycles. The van der Waals surface area contributed by atoms with Gasteiger partial charge >= 0.3 is 0 Å². The van der Waals surface area contributed by atoms with Crippen LogP contribution in [0.4, 0.5) is 5.69 Å². The summed E-state index contributed by atoms with van der Waals surface area (Å²) in [5.74, 6) is 2.24. The minimum atomic E-state index is -0.106. The summed E-state index contributed by atoms with van der Waals surface area (Å²) in [6, 6.07) is 15.0. The van der Waals surface area contributed by atoms with Crippen molar-refractivity contribution in [2.24, 2.45) is 0 Å². The van der Waals surface area contributed by atoms with Gasteiger partial charge in [-0.1, -0.05) is 17.8 Å². The van der Waals surface area contributed by atoms with E-state index in [1.54, 1.807) is 13.2 Å². The van der Waals surface area contributed by atoms with E-state index >= 15 is 0 Å². The Kier molecular flexibility index (Phi) is 8.14. The summed E-state index contributed by atoms with van der Waals surface area (Å²) in [4.78, 5) is 12.3. The molecule has 156 valence electrons. The molecule has 2 aromatic carbocycles. The summed E-state index contributed by atoms with van der Waals surface area (Å²) >= 11 is 3.54. The number of aromatic nitrogens is 3. The Morgan fingerprint density at radius 3 is 2.53 bits per heavy atom. The van der Waals surface area contributed by atoms with Crippen LogP contribution in [0.2, 0.25) is 0 Å². The lowest BCUT2D eigenvalue weighted by atomic mass is 10.3. The van der Waals surface area contributed by atoms with Crippen molar-refractivity contribution in [2.75, 3.05) is 18.2 Å². The third-order valence-corrected chi connectivity index (χ3v) is 5.68. The van der Waals surface area contributed by atoms with E-state index in [0.717, 1.165) is 15.0 Å². The fraction of sp³-hybridized carbons (Fsp3) is 0.190. The summed E-state index contributed by atoms with van der Waals surface area (Å²) in [5, 5.41) is 11.9. The number of amides is 1. The molecule has 1 N–H and O–H groups in total. The Bertz CT molecular complexity index is 990. The number of hydrogen-bond donors (Lipinski definition) is 1. The molecule has 0 saturated heterocycles. The summed E-state index contributed by atoms with van der Waals surface area (Å²) in [6.45, 7) is 4.57. The molecule has 0 aliphatic rings. The zero-order valence-electron chi connectivity index (χ0n) is 16.4. The summed E-state index contributed by atoms with van der Waals surface area (Å²) in [7, 11) is 1.62. The van der Waals surface area contributed by atoms with Crippen LogP contribution in [0.3, 0.4) is 0 Å². The maximum absolute atomic E-state index is 12.3. The number of carbonyl (C=O) groups excluding carboxylic acids is 1. The van der Waals surface area contributed by atoms with Crippen LogP contribution in [0.1, 0.15) is 5.82 Å². The number of nitrogens with zero attached hydrogens (tertiary/aromatic N) is 3. The number of carbonyl (C=O) groups is 1. The standard InChI is InChI=1S/C21H21IN4O3S/c1-3-12-26-19(13-29-18-10-8-17(28-2)9-11-18)24-25-21(26)30-14-20(27)23-16-6-4-15(22)5-7-16/h3-11H,1,12-14H2,2H3,(H,23,27). The number of hydrogen-bond acceptors (Lipinski definition) is 6. The van der Waals surface area contributed by atoms with E-state index in [1.807, 2.05) is 53.1 Å². The molecular weight excluding hydrogens is 515 g/mol. The van der Waals surface area contributed by atoms with Gasteiger partial charge in [0.15, 0.2) is 11.0 Å². The normalized spacial score (nSPS) is 10.5. The van der Waals surface area contributed by atoms with Gasteiger partial charge in [-0.3, -0.25) is 9.36 Å². The molecule has 30 heavy (non-hydrogen) atoms. The summed E-state index contributed by atoms with van der Waals surface area (Å²) in [6.07, 6.45) is 1.76. The Balaban J connectivity index is 1.59. The third-order valence-electron chi connectivity index (χ3n) is 3.99. The second-order valence-electron chi connectivity index (χ2n) is 6.11. The van der Waals surface area contributed by atoms with Crippen molar-refractivity contribution in [3.8, 4) is 11.5 Å². The quantitative estimate of drug-likeness (QED) is 0.235. The van der Waals surface area contributed by atoms with Gasteiger partial charge in [-0.25, -0.2) is 0 Å². The first-order chi connectivity index (χ1) is 14.6. The van der Waals surface area contributed by atoms with Crippen molar-refractivity contribution in [3.05, 3.63) is 70.6 Å². The minimum absolute atomic E-state index is 0.106. The van der Waals surface area contributed by atoms with Crippen LogP contribution in [0, 0.1) is 3.57 Å². The highest BCUT2D eigenvalue weighted by atomic mass is 127. The maximum Gasteiger partial charge on any atom is 0.234 e. The van der Waals surface area contributed by atoms with Crippen molar-refractivity contribution in [1.29, 1.82) is 0 Å². The SMILES string of the molecule is C=CCn1c(COc2ccc(OC)cc2)nnc1SCC(=O)Nc1ccc(I)cc1. The van der Waals surface area contributed by atoms with Crippen molar-refractivity contribution in [2.45, 2.75) is 18.3 Å². The van der Waals surface area contributed by atoms with Gasteiger partial charge in [-0.05, 0) is 71.1 Å². The highest BCUT2D eigenvalue weighted by Crippen LogP contribution is 2.21. The smallest absolute Gasteiger partial charge is 0.234 e. The first kappa shape index (κ1) is 22.2. The largest absolute Gasteiger partial charge is 0.497 e. The van der Waals surface area contributed by atoms with E-state index in [4.69, 9.17) is 9.47 Å². The van der Waals surface area contributed by atoms with E-state index in [9.17, 15) is 4.79 Å². The molecule has 3 rings (SSSR count). The van der Waals surface area contributed by atoms with Crippen molar-refractivity contribution in [1.82, 2.24) is 14.8 Å². The van der Waals surface area contributed by atoms with Crippen LogP contribution in [-0.4, -0.2) is 33.5 Å². The molecule has 0 radical (unpaired) electrons. The highest BCUT2D eigenvalue weighted by Gasteiger charge is 2.14. The molecule has 1 heterocycles. The first-order valence-corrected chi connectivity index (χ1v) is 11.1. The molecule has 0 aliphatic heterocycles. The Labute approximate surface area is 193 Å². The maximum atomic E-state index is 12.3. The lowest BCUT2D eigenvalue weighted by molar-refractivity contribution is -0.113. The average Bonchev–Trinajstić information content (AvgIpc) is 3.14. The Morgan fingerprint density at radius 1 is 1.17 bits per heavy atom. The molecule has 0 bridgehead atoms. The monoisotopic (exact) mass is 536 g/mol. The molecule has 1 aromatic heterocycles. The summed E-state index contributed by atoms with van der Waals surface area (Å²) < 4.78 is 14.0. The molecule has 0 atom stereocenters. The van der Waals surface area contributed by atoms with E-state index in [1.165, 1.54) is 11.8 Å². The molecule has 0 unspecified atom stereocenters. The number of benzene rings is 2. The van der Waals surface area contributed by atoms with Gasteiger partial charge in [-0.15, -0.1) is 16.8 Å². The molecular formula is C21H21IN4O3S. The predicted octanol–water partition coefficient (Wildman–Crippen LogP) is 4.39. The molecule has 0 fully saturated rings. The minimum Gasteiger partial charge on any atom is -0.497 e. The summed E-state index contributed by atoms with van der Waals surface area (Å²) in [5.41, 5.74) is 0.766. The number of rotatable bonds is 10. The van der Waals surface area contributed by atoms with Gasteiger partial charge in [-0.2, -0.15) is 0 Å². The number of nitrogens with one attached hydrogen (secondary N) is 1. The third kappa shape index (κ3) is 6.23. The van der Waals surface area contributed by atoms with Crippen molar-refractivity contribution >= 4 is 45.9 Å². The lowest BCUT2D eigenvalue weighted by Gasteiger charge is -2.10. The van der Waals surface area contributed by atoms with Gasteiger partial charge in [0.05, 0.1) is 12.9 Å². The number of allylic oxidation sites excluding steroid dienone is 1. The Hall–Kier alpha value is -2.53. The molecule has 3 aromatic rings. The topological polar surface area (TPSA) is 78.3 Å². The number of anilines is 1. The molecule has 0 saturated carbocycles. The fourth-order valence-electron chi connectivity index (χ4n) is 2.53.